The van der Waals surface area contributed by atoms with Crippen molar-refractivity contribution >= 4 is 29.1 Å². The molecule has 2 aromatic carbocycles. The maximum Gasteiger partial charge on any atom is 0.341 e. The van der Waals surface area contributed by atoms with Gasteiger partial charge in [0.2, 0.25) is 5.75 Å². The molecule has 9 heteroatoms. The van der Waals surface area contributed by atoms with Crippen LogP contribution < -0.4 is 18.9 Å². The van der Waals surface area contributed by atoms with Crippen molar-refractivity contribution in [3.8, 4) is 28.7 Å². The first-order chi connectivity index (χ1) is 14.5. The largest absolute Gasteiger partial charge is 0.504 e. The molecule has 0 aliphatic rings. The zero-order valence-corrected chi connectivity index (χ0v) is 18.2. The smallest absolute Gasteiger partial charge is 0.341 e. The van der Waals surface area contributed by atoms with E-state index in [2.05, 4.69) is 4.98 Å². The minimum atomic E-state index is -1.10. The number of benzene rings is 2. The van der Waals surface area contributed by atoms with Crippen LogP contribution in [0.3, 0.4) is 0 Å². The van der Waals surface area contributed by atoms with E-state index in [0.29, 0.717) is 35.7 Å². The number of hydrogen-bond donors (Lipinski definition) is 2. The Labute approximate surface area is 185 Å². The maximum absolute atomic E-state index is 10.9. The Morgan fingerprint density at radius 1 is 1.00 bits per heavy atom. The number of phenols is 1. The molecule has 3 aromatic rings. The number of aromatic hydroxyl groups is 1. The lowest BCUT2D eigenvalue weighted by Crippen LogP contribution is -2.11. The number of nitrogens with zero attached hydrogens (tertiary/aromatic N) is 1. The normalized spacial score (nSPS) is 10.3. The van der Waals surface area contributed by atoms with Crippen LogP contribution in [0.1, 0.15) is 18.1 Å². The molecule has 0 saturated carbocycles. The highest BCUT2D eigenvalue weighted by atomic mass is 35.5. The van der Waals surface area contributed by atoms with Crippen molar-refractivity contribution in [1.29, 1.82) is 0 Å². The molecule has 1 aromatic heterocycles. The van der Waals surface area contributed by atoms with Gasteiger partial charge in [-0.05, 0) is 48.1 Å². The molecule has 0 radical (unpaired) electrons. The first-order valence-corrected chi connectivity index (χ1v) is 9.29. The van der Waals surface area contributed by atoms with Gasteiger partial charge in [0.05, 0.1) is 20.8 Å². The van der Waals surface area contributed by atoms with Gasteiger partial charge in [0.1, 0.15) is 0 Å². The van der Waals surface area contributed by atoms with Crippen molar-refractivity contribution < 1.29 is 34.0 Å². The van der Waals surface area contributed by atoms with E-state index in [1.54, 1.807) is 30.6 Å². The molecule has 166 valence electrons. The van der Waals surface area contributed by atoms with Crippen molar-refractivity contribution in [3.63, 3.8) is 0 Å². The minimum absolute atomic E-state index is 0. The molecule has 0 aliphatic carbocycles. The van der Waals surface area contributed by atoms with Gasteiger partial charge < -0.3 is 29.2 Å². The lowest BCUT2D eigenvalue weighted by atomic mass is 9.99. The second-order valence-electron chi connectivity index (χ2n) is 6.43. The van der Waals surface area contributed by atoms with Crippen LogP contribution in [0.2, 0.25) is 0 Å². The minimum Gasteiger partial charge on any atom is -0.504 e. The summed E-state index contributed by atoms with van der Waals surface area (Å²) in [5.41, 5.74) is 1.73. The first kappa shape index (κ1) is 23.9. The first-order valence-electron chi connectivity index (χ1n) is 9.29. The van der Waals surface area contributed by atoms with Crippen molar-refractivity contribution in [1.82, 2.24) is 4.98 Å². The molecule has 0 saturated heterocycles. The molecule has 0 amide bonds. The number of hydrogen-bond acceptors (Lipinski definition) is 7. The van der Waals surface area contributed by atoms with E-state index in [1.165, 1.54) is 14.2 Å². The third-order valence-corrected chi connectivity index (χ3v) is 4.51. The molecule has 31 heavy (non-hydrogen) atoms. The average molecular weight is 450 g/mol. The standard InChI is InChI=1S/C22H23NO7.ClH/c1-4-29-17-6-5-15-14(10-23-11-16(15)21(17)26)7-13-8-18(27-2)22(19(9-13)28-3)30-12-20(24)25;/h5-6,8-11,26H,4,7,12H2,1-3H3,(H,24,25);1H. The fourth-order valence-corrected chi connectivity index (χ4v) is 3.22. The number of aromatic nitrogens is 1. The van der Waals surface area contributed by atoms with Crippen molar-refractivity contribution in [2.24, 2.45) is 0 Å². The number of carbonyl (C=O) groups is 1. The van der Waals surface area contributed by atoms with Gasteiger partial charge in [-0.15, -0.1) is 12.4 Å². The topological polar surface area (TPSA) is 107 Å². The molecule has 3 rings (SSSR count). The number of pyridine rings is 1. The number of ether oxygens (including phenoxy) is 4. The molecule has 0 bridgehead atoms. The zero-order valence-electron chi connectivity index (χ0n) is 17.4. The number of carboxylic acids is 1. The van der Waals surface area contributed by atoms with Crippen molar-refractivity contribution in [2.75, 3.05) is 27.4 Å². The third-order valence-electron chi connectivity index (χ3n) is 4.51. The summed E-state index contributed by atoms with van der Waals surface area (Å²) in [6, 6.07) is 7.13. The number of halogens is 1. The van der Waals surface area contributed by atoms with Gasteiger partial charge in [0, 0.05) is 17.8 Å². The van der Waals surface area contributed by atoms with Gasteiger partial charge in [0.15, 0.2) is 29.6 Å². The summed E-state index contributed by atoms with van der Waals surface area (Å²) < 4.78 is 21.5. The molecule has 2 N–H and O–H groups in total. The van der Waals surface area contributed by atoms with Gasteiger partial charge in [0.25, 0.3) is 0 Å². The van der Waals surface area contributed by atoms with E-state index in [9.17, 15) is 9.90 Å². The van der Waals surface area contributed by atoms with E-state index in [0.717, 1.165) is 16.5 Å². The van der Waals surface area contributed by atoms with E-state index in [4.69, 9.17) is 24.1 Å². The van der Waals surface area contributed by atoms with E-state index in [1.807, 2.05) is 13.0 Å². The number of fused-ring (bicyclic) bond motifs is 1. The summed E-state index contributed by atoms with van der Waals surface area (Å²) in [4.78, 5) is 15.1. The number of aliphatic carboxylic acids is 1. The van der Waals surface area contributed by atoms with Crippen LogP contribution in [-0.4, -0.2) is 48.6 Å². The Balaban J connectivity index is 0.00000341. The molecule has 0 aliphatic heterocycles. The second-order valence-corrected chi connectivity index (χ2v) is 6.43. The predicted molar refractivity (Wildman–Crippen MR) is 117 cm³/mol. The summed E-state index contributed by atoms with van der Waals surface area (Å²) in [5, 5.41) is 20.8. The molecule has 1 heterocycles. The van der Waals surface area contributed by atoms with Crippen LogP contribution in [-0.2, 0) is 11.2 Å². The fraction of sp³-hybridized carbons (Fsp3) is 0.273. The maximum atomic E-state index is 10.9. The highest BCUT2D eigenvalue weighted by Crippen LogP contribution is 2.40. The molecular formula is C22H24ClNO7. The Hall–Kier alpha value is -3.39. The monoisotopic (exact) mass is 449 g/mol. The number of phenolic OH excluding ortho intramolecular Hbond substituents is 1. The Morgan fingerprint density at radius 3 is 2.26 bits per heavy atom. The van der Waals surface area contributed by atoms with Crippen LogP contribution >= 0.6 is 12.4 Å². The predicted octanol–water partition coefficient (Wildman–Crippen LogP) is 3.83. The number of methoxy groups -OCH3 is 2. The summed E-state index contributed by atoms with van der Waals surface area (Å²) in [6.45, 7) is 1.78. The second kappa shape index (κ2) is 10.6. The summed E-state index contributed by atoms with van der Waals surface area (Å²) in [7, 11) is 2.94. The van der Waals surface area contributed by atoms with E-state index in [-0.39, 0.29) is 23.9 Å². The fourth-order valence-electron chi connectivity index (χ4n) is 3.22. The zero-order chi connectivity index (χ0) is 21.7. The average Bonchev–Trinajstić information content (AvgIpc) is 2.74. The lowest BCUT2D eigenvalue weighted by Gasteiger charge is -2.16. The summed E-state index contributed by atoms with van der Waals surface area (Å²) in [6.07, 6.45) is 3.81. The highest BCUT2D eigenvalue weighted by Gasteiger charge is 2.17. The summed E-state index contributed by atoms with van der Waals surface area (Å²) in [5.74, 6) is 0.307. The van der Waals surface area contributed by atoms with E-state index >= 15 is 0 Å². The third kappa shape index (κ3) is 5.21. The quantitative estimate of drug-likeness (QED) is 0.507. The van der Waals surface area contributed by atoms with Gasteiger partial charge in [-0.3, -0.25) is 4.98 Å². The lowest BCUT2D eigenvalue weighted by molar-refractivity contribution is -0.139. The SMILES string of the molecule is CCOc1ccc2c(Cc3cc(OC)c(OCC(=O)O)c(OC)c3)cncc2c1O.Cl. The van der Waals surface area contributed by atoms with Crippen LogP contribution in [0.25, 0.3) is 10.8 Å². The Kier molecular flexibility index (Phi) is 8.15. The molecule has 0 atom stereocenters. The van der Waals surface area contributed by atoms with Crippen LogP contribution in [0.4, 0.5) is 0 Å². The summed E-state index contributed by atoms with van der Waals surface area (Å²) >= 11 is 0. The number of rotatable bonds is 9. The van der Waals surface area contributed by atoms with Gasteiger partial charge in [-0.1, -0.05) is 6.07 Å². The number of carboxylic acid groups (broad SMARTS) is 1. The van der Waals surface area contributed by atoms with Gasteiger partial charge >= 0.3 is 5.97 Å². The Morgan fingerprint density at radius 2 is 1.68 bits per heavy atom. The van der Waals surface area contributed by atoms with Crippen LogP contribution in [0.5, 0.6) is 28.7 Å². The van der Waals surface area contributed by atoms with Crippen molar-refractivity contribution in [2.45, 2.75) is 13.3 Å². The van der Waals surface area contributed by atoms with E-state index < -0.39 is 12.6 Å². The molecule has 0 fully saturated rings. The molecule has 0 unspecified atom stereocenters. The van der Waals surface area contributed by atoms with Crippen molar-refractivity contribution in [3.05, 3.63) is 47.8 Å². The van der Waals surface area contributed by atoms with Crippen LogP contribution in [0.15, 0.2) is 36.7 Å². The molecular weight excluding hydrogens is 426 g/mol. The van der Waals surface area contributed by atoms with Gasteiger partial charge in [-0.2, -0.15) is 0 Å². The Bertz CT molecular complexity index is 1050. The van der Waals surface area contributed by atoms with Gasteiger partial charge in [-0.25, -0.2) is 4.79 Å². The van der Waals surface area contributed by atoms with Crippen LogP contribution in [0, 0.1) is 0 Å². The molecule has 8 nitrogen and oxygen atoms in total. The highest BCUT2D eigenvalue weighted by molar-refractivity contribution is 5.92. The molecule has 0 spiro atoms.